The number of nitrogens with two attached hydrogens (primary N) is 1. The summed E-state index contributed by atoms with van der Waals surface area (Å²) in [5.41, 5.74) is 8.73. The highest BCUT2D eigenvalue weighted by molar-refractivity contribution is 5.93. The zero-order valence-corrected chi connectivity index (χ0v) is 14.2. The topological polar surface area (TPSA) is 82.8 Å². The fraction of sp³-hybridized carbons (Fsp3) is 0.316. The number of hydrogen-bond acceptors (Lipinski definition) is 6. The van der Waals surface area contributed by atoms with Gasteiger partial charge in [0.1, 0.15) is 12.4 Å². The number of hydrogen-bond donors (Lipinski definition) is 2. The second kappa shape index (κ2) is 7.90. The lowest BCUT2D eigenvalue weighted by Crippen LogP contribution is -2.33. The Kier molecular flexibility index (Phi) is 5.40. The standard InChI is InChI=1S/C19H22N2O4/c1-23-19(22)14-9-16(21-11-15-7-8-24-15)18(20)17(10-14)25-12-13-5-3-2-4-6-13/h2-6,9-10,15,21H,7-8,11-12,20H2,1H3/t15-/m0/s1. The Bertz CT molecular complexity index is 730. The lowest BCUT2D eigenvalue weighted by molar-refractivity contribution is -0.0410. The molecule has 6 heteroatoms. The summed E-state index contributed by atoms with van der Waals surface area (Å²) in [6.45, 7) is 1.78. The van der Waals surface area contributed by atoms with Crippen LogP contribution in [0.5, 0.6) is 5.75 Å². The van der Waals surface area contributed by atoms with Crippen molar-refractivity contribution in [2.45, 2.75) is 19.1 Å². The average Bonchev–Trinajstić information content (AvgIpc) is 2.60. The van der Waals surface area contributed by atoms with Crippen molar-refractivity contribution in [1.29, 1.82) is 0 Å². The Balaban J connectivity index is 1.79. The van der Waals surface area contributed by atoms with E-state index in [1.165, 1.54) is 7.11 Å². The van der Waals surface area contributed by atoms with Crippen molar-refractivity contribution in [1.82, 2.24) is 0 Å². The molecule has 3 N–H and O–H groups in total. The summed E-state index contributed by atoms with van der Waals surface area (Å²) in [6.07, 6.45) is 1.19. The molecule has 0 aromatic heterocycles. The highest BCUT2D eigenvalue weighted by atomic mass is 16.5. The number of methoxy groups -OCH3 is 1. The number of carbonyl (C=O) groups excluding carboxylic acids is 1. The van der Waals surface area contributed by atoms with Crippen LogP contribution in [0.15, 0.2) is 42.5 Å². The first-order chi connectivity index (χ1) is 12.2. The predicted octanol–water partition coefficient (Wildman–Crippen LogP) is 2.84. The Morgan fingerprint density at radius 2 is 2.08 bits per heavy atom. The molecule has 1 aliphatic rings. The van der Waals surface area contributed by atoms with Gasteiger partial charge in [-0.1, -0.05) is 30.3 Å². The van der Waals surface area contributed by atoms with Crippen molar-refractivity contribution in [2.24, 2.45) is 0 Å². The van der Waals surface area contributed by atoms with E-state index in [0.29, 0.717) is 35.8 Å². The van der Waals surface area contributed by atoms with Gasteiger partial charge in [-0.25, -0.2) is 4.79 Å². The Labute approximate surface area is 146 Å². The van der Waals surface area contributed by atoms with Gasteiger partial charge in [0.05, 0.1) is 30.2 Å². The number of nitrogen functional groups attached to an aromatic ring is 1. The fourth-order valence-electron chi connectivity index (χ4n) is 2.53. The number of carbonyl (C=O) groups is 1. The summed E-state index contributed by atoms with van der Waals surface area (Å²) in [5.74, 6) is 0.0105. The van der Waals surface area contributed by atoms with Crippen molar-refractivity contribution in [3.05, 3.63) is 53.6 Å². The second-order valence-corrected chi connectivity index (χ2v) is 5.86. The Hall–Kier alpha value is -2.73. The molecule has 0 bridgehead atoms. The van der Waals surface area contributed by atoms with Crippen LogP contribution in [0.3, 0.4) is 0 Å². The first kappa shape index (κ1) is 17.1. The number of esters is 1. The van der Waals surface area contributed by atoms with Gasteiger partial charge in [0, 0.05) is 13.2 Å². The van der Waals surface area contributed by atoms with E-state index in [9.17, 15) is 4.79 Å². The maximum absolute atomic E-state index is 11.9. The summed E-state index contributed by atoms with van der Waals surface area (Å²) in [7, 11) is 1.35. The molecule has 6 nitrogen and oxygen atoms in total. The molecule has 0 saturated carbocycles. The molecular weight excluding hydrogens is 320 g/mol. The highest BCUT2D eigenvalue weighted by Gasteiger charge is 2.20. The predicted molar refractivity (Wildman–Crippen MR) is 95.8 cm³/mol. The maximum atomic E-state index is 11.9. The van der Waals surface area contributed by atoms with Crippen LogP contribution < -0.4 is 15.8 Å². The minimum atomic E-state index is -0.437. The average molecular weight is 342 g/mol. The van der Waals surface area contributed by atoms with Gasteiger partial charge in [-0.3, -0.25) is 0 Å². The van der Waals surface area contributed by atoms with Gasteiger partial charge in [0.15, 0.2) is 0 Å². The van der Waals surface area contributed by atoms with Crippen LogP contribution in [0.2, 0.25) is 0 Å². The first-order valence-corrected chi connectivity index (χ1v) is 8.21. The number of nitrogens with one attached hydrogen (secondary N) is 1. The summed E-state index contributed by atoms with van der Waals surface area (Å²) < 4.78 is 16.1. The maximum Gasteiger partial charge on any atom is 0.338 e. The zero-order chi connectivity index (χ0) is 17.6. The Morgan fingerprint density at radius 3 is 2.72 bits per heavy atom. The minimum Gasteiger partial charge on any atom is -0.487 e. The third kappa shape index (κ3) is 4.22. The van der Waals surface area contributed by atoms with Crippen molar-refractivity contribution in [2.75, 3.05) is 31.3 Å². The van der Waals surface area contributed by atoms with E-state index < -0.39 is 5.97 Å². The summed E-state index contributed by atoms with van der Waals surface area (Å²) in [4.78, 5) is 11.9. The van der Waals surface area contributed by atoms with Gasteiger partial charge in [-0.2, -0.15) is 0 Å². The van der Waals surface area contributed by atoms with Gasteiger partial charge in [-0.05, 0) is 24.1 Å². The Morgan fingerprint density at radius 1 is 1.32 bits per heavy atom. The molecule has 0 radical (unpaired) electrons. The third-order valence-electron chi connectivity index (χ3n) is 4.11. The van der Waals surface area contributed by atoms with Crippen LogP contribution in [0, 0.1) is 0 Å². The normalized spacial score (nSPS) is 16.0. The molecule has 0 amide bonds. The van der Waals surface area contributed by atoms with Crippen LogP contribution in [0.4, 0.5) is 11.4 Å². The summed E-state index contributed by atoms with van der Waals surface area (Å²) >= 11 is 0. The van der Waals surface area contributed by atoms with Gasteiger partial charge < -0.3 is 25.3 Å². The number of rotatable bonds is 7. The lowest BCUT2D eigenvalue weighted by Gasteiger charge is -2.27. The van der Waals surface area contributed by atoms with Crippen LogP contribution in [0.1, 0.15) is 22.3 Å². The quantitative estimate of drug-likeness (QED) is 0.595. The van der Waals surface area contributed by atoms with Crippen molar-refractivity contribution in [3.8, 4) is 5.75 Å². The highest BCUT2D eigenvalue weighted by Crippen LogP contribution is 2.33. The van der Waals surface area contributed by atoms with Gasteiger partial charge >= 0.3 is 5.97 Å². The largest absolute Gasteiger partial charge is 0.487 e. The molecule has 2 aromatic rings. The molecule has 1 aliphatic heterocycles. The van der Waals surface area contributed by atoms with E-state index >= 15 is 0 Å². The lowest BCUT2D eigenvalue weighted by atomic mass is 10.1. The number of benzene rings is 2. The molecule has 1 fully saturated rings. The fourth-order valence-corrected chi connectivity index (χ4v) is 2.53. The SMILES string of the molecule is COC(=O)c1cc(NC[C@@H]2CCO2)c(N)c(OCc2ccccc2)c1. The zero-order valence-electron chi connectivity index (χ0n) is 14.2. The molecule has 0 spiro atoms. The van der Waals surface area contributed by atoms with E-state index in [4.69, 9.17) is 19.9 Å². The summed E-state index contributed by atoms with van der Waals surface area (Å²) in [5, 5.41) is 3.24. The van der Waals surface area contributed by atoms with E-state index in [1.807, 2.05) is 30.3 Å². The second-order valence-electron chi connectivity index (χ2n) is 5.86. The van der Waals surface area contributed by atoms with Crippen LogP contribution >= 0.6 is 0 Å². The molecule has 1 saturated heterocycles. The molecule has 3 rings (SSSR count). The monoisotopic (exact) mass is 342 g/mol. The first-order valence-electron chi connectivity index (χ1n) is 8.21. The molecule has 1 atom stereocenters. The van der Waals surface area contributed by atoms with Gasteiger partial charge in [0.25, 0.3) is 0 Å². The van der Waals surface area contributed by atoms with E-state index in [2.05, 4.69) is 5.32 Å². The van der Waals surface area contributed by atoms with Gasteiger partial charge in [-0.15, -0.1) is 0 Å². The smallest absolute Gasteiger partial charge is 0.338 e. The third-order valence-corrected chi connectivity index (χ3v) is 4.11. The number of anilines is 2. The van der Waals surface area contributed by atoms with Gasteiger partial charge in [0.2, 0.25) is 0 Å². The van der Waals surface area contributed by atoms with Crippen molar-refractivity contribution < 1.29 is 19.0 Å². The molecule has 0 unspecified atom stereocenters. The van der Waals surface area contributed by atoms with E-state index in [1.54, 1.807) is 12.1 Å². The molecule has 2 aromatic carbocycles. The van der Waals surface area contributed by atoms with Crippen LogP contribution in [-0.2, 0) is 16.1 Å². The van der Waals surface area contributed by atoms with Crippen LogP contribution in [0.25, 0.3) is 0 Å². The van der Waals surface area contributed by atoms with E-state index in [0.717, 1.165) is 18.6 Å². The molecule has 0 aliphatic carbocycles. The minimum absolute atomic E-state index is 0.176. The number of ether oxygens (including phenoxy) is 3. The summed E-state index contributed by atoms with van der Waals surface area (Å²) in [6, 6.07) is 13.0. The van der Waals surface area contributed by atoms with Crippen molar-refractivity contribution in [3.63, 3.8) is 0 Å². The van der Waals surface area contributed by atoms with Crippen LogP contribution in [-0.4, -0.2) is 32.3 Å². The molecular formula is C19H22N2O4. The molecule has 25 heavy (non-hydrogen) atoms. The molecule has 132 valence electrons. The molecule has 1 heterocycles. The van der Waals surface area contributed by atoms with Crippen molar-refractivity contribution >= 4 is 17.3 Å². The van der Waals surface area contributed by atoms with E-state index in [-0.39, 0.29) is 6.10 Å².